The number of aryl methyl sites for hydroxylation is 1. The van der Waals surface area contributed by atoms with E-state index in [9.17, 15) is 9.59 Å². The second-order valence-electron chi connectivity index (χ2n) is 6.92. The first-order valence-corrected chi connectivity index (χ1v) is 9.20. The van der Waals surface area contributed by atoms with Crippen molar-refractivity contribution in [2.75, 3.05) is 6.61 Å². The molecule has 4 rings (SSSR count). The number of nitrogens with zero attached hydrogens (tertiary/aromatic N) is 1. The van der Waals surface area contributed by atoms with E-state index in [0.29, 0.717) is 5.56 Å². The average molecular weight is 375 g/mol. The van der Waals surface area contributed by atoms with E-state index >= 15 is 0 Å². The van der Waals surface area contributed by atoms with Gasteiger partial charge in [0, 0.05) is 11.5 Å². The fraction of sp³-hybridized carbons (Fsp3) is 0.227. The SMILES string of the molecule is Cc1n[nH]c(=O)c(CNC(=O)OCC2c3ccccc3-c3ccccc32)c1C. The van der Waals surface area contributed by atoms with Crippen LogP contribution in [0.4, 0.5) is 4.79 Å². The van der Waals surface area contributed by atoms with Gasteiger partial charge in [-0.3, -0.25) is 4.79 Å². The number of alkyl carbamates (subject to hydrolysis) is 1. The number of ether oxygens (including phenoxy) is 1. The molecule has 0 radical (unpaired) electrons. The first-order valence-electron chi connectivity index (χ1n) is 9.20. The zero-order chi connectivity index (χ0) is 19.7. The molecule has 0 aliphatic heterocycles. The lowest BCUT2D eigenvalue weighted by Crippen LogP contribution is -2.30. The Balaban J connectivity index is 1.45. The van der Waals surface area contributed by atoms with Gasteiger partial charge in [-0.05, 0) is 41.7 Å². The molecule has 6 nitrogen and oxygen atoms in total. The van der Waals surface area contributed by atoms with E-state index in [1.165, 1.54) is 11.1 Å². The number of carbonyl (C=O) groups is 1. The molecule has 0 spiro atoms. The van der Waals surface area contributed by atoms with Crippen LogP contribution in [0.15, 0.2) is 53.3 Å². The van der Waals surface area contributed by atoms with E-state index in [-0.39, 0.29) is 24.6 Å². The topological polar surface area (TPSA) is 84.1 Å². The van der Waals surface area contributed by atoms with Crippen LogP contribution >= 0.6 is 0 Å². The number of rotatable bonds is 4. The Morgan fingerprint density at radius 2 is 1.68 bits per heavy atom. The van der Waals surface area contributed by atoms with Crippen LogP contribution in [0.1, 0.15) is 33.9 Å². The summed E-state index contributed by atoms with van der Waals surface area (Å²) in [7, 11) is 0. The molecule has 2 aromatic carbocycles. The smallest absolute Gasteiger partial charge is 0.407 e. The van der Waals surface area contributed by atoms with Crippen LogP contribution in [0, 0.1) is 13.8 Å². The Morgan fingerprint density at radius 1 is 1.07 bits per heavy atom. The number of hydrogen-bond acceptors (Lipinski definition) is 4. The summed E-state index contributed by atoms with van der Waals surface area (Å²) in [6.07, 6.45) is -0.546. The molecule has 1 aliphatic rings. The zero-order valence-electron chi connectivity index (χ0n) is 15.8. The predicted octanol–water partition coefficient (Wildman–Crippen LogP) is 3.43. The van der Waals surface area contributed by atoms with Gasteiger partial charge < -0.3 is 10.1 Å². The quantitative estimate of drug-likeness (QED) is 0.732. The van der Waals surface area contributed by atoms with Crippen molar-refractivity contribution in [2.45, 2.75) is 26.3 Å². The van der Waals surface area contributed by atoms with Crippen molar-refractivity contribution < 1.29 is 9.53 Å². The van der Waals surface area contributed by atoms with Gasteiger partial charge in [0.05, 0.1) is 12.2 Å². The molecule has 2 N–H and O–H groups in total. The summed E-state index contributed by atoms with van der Waals surface area (Å²) in [4.78, 5) is 24.2. The lowest BCUT2D eigenvalue weighted by atomic mass is 9.98. The van der Waals surface area contributed by atoms with E-state index < -0.39 is 6.09 Å². The molecule has 28 heavy (non-hydrogen) atoms. The molecule has 0 fully saturated rings. The van der Waals surface area contributed by atoms with Gasteiger partial charge in [-0.15, -0.1) is 0 Å². The number of fused-ring (bicyclic) bond motifs is 3. The second-order valence-corrected chi connectivity index (χ2v) is 6.92. The van der Waals surface area contributed by atoms with Gasteiger partial charge in [-0.1, -0.05) is 48.5 Å². The third-order valence-corrected chi connectivity index (χ3v) is 5.35. The van der Waals surface area contributed by atoms with Gasteiger partial charge in [0.25, 0.3) is 5.56 Å². The van der Waals surface area contributed by atoms with E-state index in [0.717, 1.165) is 22.4 Å². The van der Waals surface area contributed by atoms with Crippen molar-refractivity contribution in [1.29, 1.82) is 0 Å². The number of nitrogens with one attached hydrogen (secondary N) is 2. The molecule has 0 unspecified atom stereocenters. The normalized spacial score (nSPS) is 12.4. The highest BCUT2D eigenvalue weighted by atomic mass is 16.5. The molecule has 1 aromatic heterocycles. The fourth-order valence-electron chi connectivity index (χ4n) is 3.70. The van der Waals surface area contributed by atoms with Gasteiger partial charge in [0.15, 0.2) is 0 Å². The molecule has 0 atom stereocenters. The number of carbonyl (C=O) groups excluding carboxylic acids is 1. The van der Waals surface area contributed by atoms with Crippen LogP contribution in [0.25, 0.3) is 11.1 Å². The highest BCUT2D eigenvalue weighted by Gasteiger charge is 2.29. The molecule has 142 valence electrons. The monoisotopic (exact) mass is 375 g/mol. The lowest BCUT2D eigenvalue weighted by Gasteiger charge is -2.15. The molecule has 3 aromatic rings. The zero-order valence-corrected chi connectivity index (χ0v) is 15.8. The average Bonchev–Trinajstić information content (AvgIpc) is 3.03. The van der Waals surface area contributed by atoms with Gasteiger partial charge in [-0.2, -0.15) is 5.10 Å². The highest BCUT2D eigenvalue weighted by Crippen LogP contribution is 2.44. The van der Waals surface area contributed by atoms with E-state index in [1.807, 2.05) is 38.1 Å². The van der Waals surface area contributed by atoms with E-state index in [4.69, 9.17) is 4.74 Å². The predicted molar refractivity (Wildman–Crippen MR) is 106 cm³/mol. The maximum Gasteiger partial charge on any atom is 0.407 e. The summed E-state index contributed by atoms with van der Waals surface area (Å²) < 4.78 is 5.49. The van der Waals surface area contributed by atoms with E-state index in [1.54, 1.807) is 0 Å². The minimum Gasteiger partial charge on any atom is -0.449 e. The highest BCUT2D eigenvalue weighted by molar-refractivity contribution is 5.79. The number of aromatic nitrogens is 2. The summed E-state index contributed by atoms with van der Waals surface area (Å²) in [5.74, 6) is 0.00598. The lowest BCUT2D eigenvalue weighted by molar-refractivity contribution is 0.142. The molecule has 6 heteroatoms. The molecule has 1 aliphatic carbocycles. The summed E-state index contributed by atoms with van der Waals surface area (Å²) in [5, 5.41) is 9.02. The number of H-pyrrole nitrogens is 1. The molecular weight excluding hydrogens is 354 g/mol. The van der Waals surface area contributed by atoms with Crippen molar-refractivity contribution in [3.05, 3.63) is 86.8 Å². The largest absolute Gasteiger partial charge is 0.449 e. The van der Waals surface area contributed by atoms with Crippen LogP contribution in [0.3, 0.4) is 0 Å². The van der Waals surface area contributed by atoms with Crippen molar-refractivity contribution in [3.63, 3.8) is 0 Å². The Kier molecular flexibility index (Phi) is 4.69. The standard InChI is InChI=1S/C22H21N3O3/c1-13-14(2)24-25-21(26)19(13)11-23-22(27)28-12-20-17-9-5-3-7-15(17)16-8-4-6-10-18(16)20/h3-10,20H,11-12H2,1-2H3,(H,23,27)(H,25,26). The molecule has 1 amide bonds. The summed E-state index contributed by atoms with van der Waals surface area (Å²) >= 11 is 0. The van der Waals surface area contributed by atoms with Crippen molar-refractivity contribution in [3.8, 4) is 11.1 Å². The minimum absolute atomic E-state index is 0.00598. The van der Waals surface area contributed by atoms with Gasteiger partial charge in [-0.25, -0.2) is 9.89 Å². The number of aromatic amines is 1. The fourth-order valence-corrected chi connectivity index (χ4v) is 3.70. The van der Waals surface area contributed by atoms with Crippen LogP contribution in [-0.2, 0) is 11.3 Å². The summed E-state index contributed by atoms with van der Waals surface area (Å²) in [6, 6.07) is 16.4. The Morgan fingerprint density at radius 3 is 2.32 bits per heavy atom. The van der Waals surface area contributed by atoms with Crippen molar-refractivity contribution >= 4 is 6.09 Å². The molecule has 1 heterocycles. The van der Waals surface area contributed by atoms with Crippen molar-refractivity contribution in [1.82, 2.24) is 15.5 Å². The third-order valence-electron chi connectivity index (χ3n) is 5.35. The van der Waals surface area contributed by atoms with Crippen LogP contribution in [0.5, 0.6) is 0 Å². The maximum absolute atomic E-state index is 12.2. The summed E-state index contributed by atoms with van der Waals surface area (Å²) in [6.45, 7) is 3.96. The second kappa shape index (κ2) is 7.31. The van der Waals surface area contributed by atoms with Gasteiger partial charge in [0.2, 0.25) is 0 Å². The Labute approximate surface area is 162 Å². The Hall–Kier alpha value is -3.41. The molecule has 0 saturated carbocycles. The number of amides is 1. The molecule has 0 saturated heterocycles. The van der Waals surface area contributed by atoms with Crippen LogP contribution < -0.4 is 10.9 Å². The summed E-state index contributed by atoms with van der Waals surface area (Å²) in [5.41, 5.74) is 6.36. The van der Waals surface area contributed by atoms with Gasteiger partial charge >= 0.3 is 6.09 Å². The maximum atomic E-state index is 12.2. The van der Waals surface area contributed by atoms with Crippen molar-refractivity contribution in [2.24, 2.45) is 0 Å². The van der Waals surface area contributed by atoms with Crippen LogP contribution in [-0.4, -0.2) is 22.9 Å². The van der Waals surface area contributed by atoms with Gasteiger partial charge in [0.1, 0.15) is 6.61 Å². The number of benzene rings is 2. The molecule has 0 bridgehead atoms. The van der Waals surface area contributed by atoms with Crippen LogP contribution in [0.2, 0.25) is 0 Å². The third kappa shape index (κ3) is 3.17. The minimum atomic E-state index is -0.546. The first kappa shape index (κ1) is 18.0. The molecular formula is C22H21N3O3. The van der Waals surface area contributed by atoms with E-state index in [2.05, 4.69) is 39.8 Å². The number of hydrogen-bond donors (Lipinski definition) is 2. The first-order chi connectivity index (χ1) is 13.6. The Bertz CT molecular complexity index is 1060.